The van der Waals surface area contributed by atoms with Gasteiger partial charge in [0.15, 0.2) is 0 Å². The zero-order chi connectivity index (χ0) is 19.1. The number of aryl methyl sites for hydroxylation is 2. The van der Waals surface area contributed by atoms with Gasteiger partial charge in [-0.05, 0) is 43.2 Å². The Kier molecular flexibility index (Phi) is 4.03. The number of carboxylic acids is 1. The number of carboxylic acid groups (broad SMARTS) is 1. The minimum absolute atomic E-state index is 0.0791. The van der Waals surface area contributed by atoms with E-state index in [1.165, 1.54) is 0 Å². The summed E-state index contributed by atoms with van der Waals surface area (Å²) in [5.41, 5.74) is 4.94. The normalized spacial score (nSPS) is 15.9. The number of hydrogen-bond acceptors (Lipinski definition) is 3. The van der Waals surface area contributed by atoms with Crippen molar-refractivity contribution in [3.05, 3.63) is 76.5 Å². The molecule has 0 spiro atoms. The summed E-state index contributed by atoms with van der Waals surface area (Å²) in [4.78, 5) is 23.5. The molecular weight excluding hydrogens is 342 g/mol. The first kappa shape index (κ1) is 17.0. The number of aromatic carboxylic acids is 1. The first-order chi connectivity index (χ1) is 13.0. The largest absolute Gasteiger partial charge is 0.478 e. The predicted molar refractivity (Wildman–Crippen MR) is 102 cm³/mol. The lowest BCUT2D eigenvalue weighted by Crippen LogP contribution is -2.25. The van der Waals surface area contributed by atoms with Crippen LogP contribution in [0.4, 0.5) is 5.82 Å². The maximum atomic E-state index is 12.4. The summed E-state index contributed by atoms with van der Waals surface area (Å²) in [6, 6.07) is 14.6. The number of nitrogens with one attached hydrogen (secondary N) is 1. The molecule has 0 saturated carbocycles. The van der Waals surface area contributed by atoms with Gasteiger partial charge in [0.2, 0.25) is 5.91 Å². The Bertz CT molecular complexity index is 1050. The molecule has 0 saturated heterocycles. The number of para-hydroxylation sites is 1. The standard InChI is InChI=1S/C21H19N3O3/c1-12-5-3-4-6-17(12)24-20-19(13(2)23-24)16(11-18(25)22-20)14-7-9-15(10-8-14)21(26)27/h3-10,16H,11H2,1-2H3,(H,22,25)(H,26,27)/t16-/m0/s1. The summed E-state index contributed by atoms with van der Waals surface area (Å²) >= 11 is 0. The summed E-state index contributed by atoms with van der Waals surface area (Å²) in [6.45, 7) is 3.94. The van der Waals surface area contributed by atoms with Crippen LogP contribution in [0.3, 0.4) is 0 Å². The van der Waals surface area contributed by atoms with Gasteiger partial charge in [-0.3, -0.25) is 4.79 Å². The van der Waals surface area contributed by atoms with Crippen molar-refractivity contribution < 1.29 is 14.7 Å². The van der Waals surface area contributed by atoms with Gasteiger partial charge < -0.3 is 10.4 Å². The summed E-state index contributed by atoms with van der Waals surface area (Å²) in [6.07, 6.45) is 0.305. The van der Waals surface area contributed by atoms with Crippen molar-refractivity contribution in [1.82, 2.24) is 9.78 Å². The van der Waals surface area contributed by atoms with Gasteiger partial charge in [-0.25, -0.2) is 9.48 Å². The molecule has 27 heavy (non-hydrogen) atoms. The molecule has 0 radical (unpaired) electrons. The third-order valence-electron chi connectivity index (χ3n) is 5.01. The monoisotopic (exact) mass is 361 g/mol. The van der Waals surface area contributed by atoms with Crippen LogP contribution < -0.4 is 5.32 Å². The average Bonchev–Trinajstić information content (AvgIpc) is 2.98. The van der Waals surface area contributed by atoms with Gasteiger partial charge in [-0.2, -0.15) is 5.10 Å². The van der Waals surface area contributed by atoms with Gasteiger partial charge in [0.05, 0.1) is 16.9 Å². The second-order valence-electron chi connectivity index (χ2n) is 6.78. The Balaban J connectivity index is 1.84. The molecule has 0 fully saturated rings. The molecule has 1 aromatic heterocycles. The molecule has 136 valence electrons. The molecule has 0 unspecified atom stereocenters. The second-order valence-corrected chi connectivity index (χ2v) is 6.78. The molecule has 2 heterocycles. The highest BCUT2D eigenvalue weighted by molar-refractivity contribution is 5.95. The van der Waals surface area contributed by atoms with Crippen molar-refractivity contribution in [2.45, 2.75) is 26.2 Å². The van der Waals surface area contributed by atoms with E-state index in [-0.39, 0.29) is 17.4 Å². The van der Waals surface area contributed by atoms with Gasteiger partial charge in [0, 0.05) is 17.9 Å². The zero-order valence-electron chi connectivity index (χ0n) is 15.1. The fourth-order valence-electron chi connectivity index (χ4n) is 3.67. The van der Waals surface area contributed by atoms with Crippen LogP contribution in [0.1, 0.15) is 45.1 Å². The lowest BCUT2D eigenvalue weighted by Gasteiger charge is -2.24. The molecule has 1 atom stereocenters. The van der Waals surface area contributed by atoms with Crippen LogP contribution in [0.25, 0.3) is 5.69 Å². The van der Waals surface area contributed by atoms with Crippen molar-refractivity contribution >= 4 is 17.7 Å². The van der Waals surface area contributed by atoms with Gasteiger partial charge in [-0.15, -0.1) is 0 Å². The molecule has 1 aliphatic rings. The Morgan fingerprint density at radius 3 is 2.52 bits per heavy atom. The molecular formula is C21H19N3O3. The van der Waals surface area contributed by atoms with Crippen LogP contribution in [0.2, 0.25) is 0 Å². The van der Waals surface area contributed by atoms with Crippen LogP contribution in [0.5, 0.6) is 0 Å². The number of carbonyl (C=O) groups is 2. The minimum Gasteiger partial charge on any atom is -0.478 e. The van der Waals surface area contributed by atoms with Crippen LogP contribution in [-0.4, -0.2) is 26.8 Å². The van der Waals surface area contributed by atoms with E-state index in [0.717, 1.165) is 28.1 Å². The van der Waals surface area contributed by atoms with Crippen molar-refractivity contribution in [2.24, 2.45) is 0 Å². The zero-order valence-corrected chi connectivity index (χ0v) is 15.1. The topological polar surface area (TPSA) is 84.2 Å². The quantitative estimate of drug-likeness (QED) is 0.746. The van der Waals surface area contributed by atoms with Crippen LogP contribution in [-0.2, 0) is 4.79 Å². The molecule has 1 aliphatic heterocycles. The van der Waals surface area contributed by atoms with Gasteiger partial charge >= 0.3 is 5.97 Å². The second kappa shape index (κ2) is 6.39. The van der Waals surface area contributed by atoms with Crippen molar-refractivity contribution in [3.63, 3.8) is 0 Å². The number of amides is 1. The summed E-state index contributed by atoms with van der Waals surface area (Å²) in [7, 11) is 0. The Morgan fingerprint density at radius 2 is 1.85 bits per heavy atom. The molecule has 4 rings (SSSR count). The summed E-state index contributed by atoms with van der Waals surface area (Å²) in [5.74, 6) is -0.517. The van der Waals surface area contributed by atoms with E-state index in [0.29, 0.717) is 12.2 Å². The minimum atomic E-state index is -0.966. The fourth-order valence-corrected chi connectivity index (χ4v) is 3.67. The number of nitrogens with zero attached hydrogens (tertiary/aromatic N) is 2. The SMILES string of the molecule is Cc1ccccc1-n1nc(C)c2c1NC(=O)C[C@H]2c1ccc(C(=O)O)cc1. The number of rotatable bonds is 3. The van der Waals surface area contributed by atoms with E-state index in [1.54, 1.807) is 28.9 Å². The number of fused-ring (bicyclic) bond motifs is 1. The first-order valence-corrected chi connectivity index (χ1v) is 8.74. The summed E-state index contributed by atoms with van der Waals surface area (Å²) < 4.78 is 1.79. The number of hydrogen-bond donors (Lipinski definition) is 2. The molecule has 1 amide bonds. The maximum absolute atomic E-state index is 12.4. The maximum Gasteiger partial charge on any atom is 0.335 e. The van der Waals surface area contributed by atoms with E-state index in [1.807, 2.05) is 38.1 Å². The highest BCUT2D eigenvalue weighted by Gasteiger charge is 2.32. The number of benzene rings is 2. The third-order valence-corrected chi connectivity index (χ3v) is 5.01. The molecule has 6 heteroatoms. The Morgan fingerprint density at radius 1 is 1.15 bits per heavy atom. The van der Waals surface area contributed by atoms with E-state index in [4.69, 9.17) is 5.11 Å². The van der Waals surface area contributed by atoms with E-state index >= 15 is 0 Å². The number of aromatic nitrogens is 2. The van der Waals surface area contributed by atoms with Gasteiger partial charge in [-0.1, -0.05) is 30.3 Å². The highest BCUT2D eigenvalue weighted by Crippen LogP contribution is 2.40. The smallest absolute Gasteiger partial charge is 0.335 e. The highest BCUT2D eigenvalue weighted by atomic mass is 16.4. The first-order valence-electron chi connectivity index (χ1n) is 8.74. The van der Waals surface area contributed by atoms with Crippen molar-refractivity contribution in [3.8, 4) is 5.69 Å². The lowest BCUT2D eigenvalue weighted by atomic mass is 9.85. The van der Waals surface area contributed by atoms with E-state index < -0.39 is 5.97 Å². The molecule has 6 nitrogen and oxygen atoms in total. The van der Waals surface area contributed by atoms with Crippen LogP contribution >= 0.6 is 0 Å². The van der Waals surface area contributed by atoms with Crippen molar-refractivity contribution in [1.29, 1.82) is 0 Å². The number of anilines is 1. The average molecular weight is 361 g/mol. The molecule has 3 aromatic rings. The molecule has 0 bridgehead atoms. The number of carbonyl (C=O) groups excluding carboxylic acids is 1. The summed E-state index contributed by atoms with van der Waals surface area (Å²) in [5, 5.41) is 16.8. The van der Waals surface area contributed by atoms with Gasteiger partial charge in [0.25, 0.3) is 0 Å². The van der Waals surface area contributed by atoms with Crippen molar-refractivity contribution in [2.75, 3.05) is 5.32 Å². The predicted octanol–water partition coefficient (Wildman–Crippen LogP) is 3.66. The Hall–Kier alpha value is -3.41. The van der Waals surface area contributed by atoms with Gasteiger partial charge in [0.1, 0.15) is 5.82 Å². The fraction of sp³-hybridized carbons (Fsp3) is 0.190. The molecule has 0 aliphatic carbocycles. The Labute approximate surface area is 156 Å². The third kappa shape index (κ3) is 2.89. The van der Waals surface area contributed by atoms with E-state index in [2.05, 4.69) is 10.4 Å². The van der Waals surface area contributed by atoms with E-state index in [9.17, 15) is 9.59 Å². The van der Waals surface area contributed by atoms with Crippen LogP contribution in [0, 0.1) is 13.8 Å². The molecule has 2 N–H and O–H groups in total. The molecule has 2 aromatic carbocycles. The lowest BCUT2D eigenvalue weighted by molar-refractivity contribution is -0.116. The van der Waals surface area contributed by atoms with Crippen LogP contribution in [0.15, 0.2) is 48.5 Å².